The van der Waals surface area contributed by atoms with Gasteiger partial charge in [0.15, 0.2) is 22.4 Å². The van der Waals surface area contributed by atoms with E-state index in [1.165, 1.54) is 0 Å². The van der Waals surface area contributed by atoms with Gasteiger partial charge in [-0.1, -0.05) is 47.6 Å². The highest BCUT2D eigenvalue weighted by atomic mass is 35.5. The van der Waals surface area contributed by atoms with Crippen molar-refractivity contribution < 1.29 is 14.6 Å². The molecule has 0 saturated carbocycles. The van der Waals surface area contributed by atoms with Crippen LogP contribution in [-0.4, -0.2) is 35.1 Å². The monoisotopic (exact) mass is 438 g/mol. The summed E-state index contributed by atoms with van der Waals surface area (Å²) in [6.45, 7) is 1.74. The van der Waals surface area contributed by atoms with Gasteiger partial charge in [-0.3, -0.25) is 4.99 Å². The molecule has 1 N–H and O–H groups in total. The summed E-state index contributed by atoms with van der Waals surface area (Å²) in [5.41, 5.74) is 0.399. The molecule has 148 valence electrons. The number of benzene rings is 2. The lowest BCUT2D eigenvalue weighted by atomic mass is 9.92. The van der Waals surface area contributed by atoms with Crippen LogP contribution in [0.5, 0.6) is 11.5 Å². The molecule has 1 saturated heterocycles. The second-order valence-corrected chi connectivity index (χ2v) is 8.32. The lowest BCUT2D eigenvalue weighted by Crippen LogP contribution is -2.46. The van der Waals surface area contributed by atoms with Gasteiger partial charge in [0.25, 0.3) is 0 Å². The van der Waals surface area contributed by atoms with Gasteiger partial charge in [0.1, 0.15) is 0 Å². The number of halogens is 2. The molecule has 3 aliphatic heterocycles. The molecule has 0 spiro atoms. The molecule has 3 aliphatic rings. The van der Waals surface area contributed by atoms with E-state index in [1.54, 1.807) is 11.8 Å². The van der Waals surface area contributed by atoms with Crippen molar-refractivity contribution >= 4 is 40.9 Å². The Balaban J connectivity index is 0.00000192. The molecular weight excluding hydrogens is 419 g/mol. The van der Waals surface area contributed by atoms with E-state index in [0.717, 1.165) is 42.2 Å². The highest BCUT2D eigenvalue weighted by molar-refractivity contribution is 8.14. The Labute approximate surface area is 179 Å². The highest BCUT2D eigenvalue weighted by Crippen LogP contribution is 2.56. The van der Waals surface area contributed by atoms with E-state index in [9.17, 15) is 5.11 Å². The van der Waals surface area contributed by atoms with Gasteiger partial charge in [-0.25, -0.2) is 0 Å². The number of hydrogen-bond acceptors (Lipinski definition) is 6. The van der Waals surface area contributed by atoms with Crippen molar-refractivity contribution in [3.05, 3.63) is 58.6 Å². The van der Waals surface area contributed by atoms with E-state index in [4.69, 9.17) is 26.1 Å². The zero-order valence-corrected chi connectivity index (χ0v) is 17.4. The van der Waals surface area contributed by atoms with Crippen LogP contribution in [0, 0.1) is 0 Å². The minimum Gasteiger partial charge on any atom is -0.454 e. The fraction of sp³-hybridized carbons (Fsp3) is 0.350. The normalized spacial score (nSPS) is 25.6. The van der Waals surface area contributed by atoms with Gasteiger partial charge in [0.2, 0.25) is 6.79 Å². The van der Waals surface area contributed by atoms with E-state index in [2.05, 4.69) is 0 Å². The number of fused-ring (bicyclic) bond motifs is 2. The summed E-state index contributed by atoms with van der Waals surface area (Å²) >= 11 is 8.09. The van der Waals surface area contributed by atoms with Crippen LogP contribution in [0.4, 0.5) is 0 Å². The Kier molecular flexibility index (Phi) is 5.40. The predicted molar refractivity (Wildman–Crippen MR) is 114 cm³/mol. The van der Waals surface area contributed by atoms with Crippen molar-refractivity contribution in [2.24, 2.45) is 4.99 Å². The van der Waals surface area contributed by atoms with Crippen LogP contribution in [0.3, 0.4) is 0 Å². The maximum atomic E-state index is 12.1. The number of aliphatic imine (C=N–C) groups is 1. The van der Waals surface area contributed by atoms with E-state index in [-0.39, 0.29) is 24.4 Å². The molecule has 28 heavy (non-hydrogen) atoms. The van der Waals surface area contributed by atoms with E-state index in [0.29, 0.717) is 16.5 Å². The summed E-state index contributed by atoms with van der Waals surface area (Å²) < 4.78 is 11.0. The van der Waals surface area contributed by atoms with Crippen molar-refractivity contribution in [2.75, 3.05) is 19.9 Å². The molecule has 0 aromatic heterocycles. The average Bonchev–Trinajstić information content (AvgIpc) is 3.16. The summed E-state index contributed by atoms with van der Waals surface area (Å²) in [6.07, 6.45) is 2.00. The number of thioether (sulfide) groups is 1. The predicted octanol–water partition coefficient (Wildman–Crippen LogP) is 4.58. The topological polar surface area (TPSA) is 54.3 Å². The standard InChI is InChI=1S/C20H19ClN2O3S.ClH/c21-15-6-2-1-5-14(15)18-20(24,23-10-4-3-9-22-19(23)27-18)13-7-8-16-17(11-13)26-12-25-16;/h1-2,5-8,11,18,24H,3-4,9-10,12H2;1H. The molecule has 5 rings (SSSR count). The molecule has 2 unspecified atom stereocenters. The first-order chi connectivity index (χ1) is 13.2. The Morgan fingerprint density at radius 1 is 1.14 bits per heavy atom. The number of rotatable bonds is 2. The number of hydrogen-bond donors (Lipinski definition) is 1. The summed E-state index contributed by atoms with van der Waals surface area (Å²) in [7, 11) is 0. The summed E-state index contributed by atoms with van der Waals surface area (Å²) in [5, 5.41) is 13.4. The van der Waals surface area contributed by atoms with Gasteiger partial charge in [0.05, 0.1) is 5.25 Å². The van der Waals surface area contributed by atoms with Crippen LogP contribution < -0.4 is 9.47 Å². The SMILES string of the molecule is Cl.OC1(c2ccc3c(c2)OCO3)C(c2ccccc2Cl)SC2=NCCCCN21. The van der Waals surface area contributed by atoms with Gasteiger partial charge in [-0.15, -0.1) is 12.4 Å². The first-order valence-electron chi connectivity index (χ1n) is 9.03. The minimum absolute atomic E-state index is 0. The molecule has 2 aromatic rings. The fourth-order valence-electron chi connectivity index (χ4n) is 3.88. The van der Waals surface area contributed by atoms with E-state index in [1.807, 2.05) is 47.4 Å². The molecule has 0 amide bonds. The van der Waals surface area contributed by atoms with Crippen LogP contribution >= 0.6 is 35.8 Å². The highest BCUT2D eigenvalue weighted by Gasteiger charge is 2.54. The van der Waals surface area contributed by atoms with Crippen LogP contribution in [0.2, 0.25) is 5.02 Å². The number of aliphatic hydroxyl groups is 1. The lowest BCUT2D eigenvalue weighted by molar-refractivity contribution is -0.0712. The molecule has 0 aliphatic carbocycles. The van der Waals surface area contributed by atoms with E-state index >= 15 is 0 Å². The summed E-state index contributed by atoms with van der Waals surface area (Å²) in [6, 6.07) is 13.3. The largest absolute Gasteiger partial charge is 0.454 e. The van der Waals surface area contributed by atoms with Gasteiger partial charge >= 0.3 is 0 Å². The first-order valence-corrected chi connectivity index (χ1v) is 10.3. The molecular formula is C20H20Cl2N2O3S. The quantitative estimate of drug-likeness (QED) is 0.743. The average molecular weight is 439 g/mol. The van der Waals surface area contributed by atoms with Gasteiger partial charge in [0, 0.05) is 23.7 Å². The summed E-state index contributed by atoms with van der Waals surface area (Å²) in [4.78, 5) is 6.75. The van der Waals surface area contributed by atoms with Crippen molar-refractivity contribution in [2.45, 2.75) is 23.8 Å². The third kappa shape index (κ3) is 3.03. The Morgan fingerprint density at radius 2 is 1.96 bits per heavy atom. The molecule has 5 nitrogen and oxygen atoms in total. The van der Waals surface area contributed by atoms with E-state index < -0.39 is 5.72 Å². The smallest absolute Gasteiger partial charge is 0.231 e. The van der Waals surface area contributed by atoms with Crippen LogP contribution in [0.15, 0.2) is 47.5 Å². The Morgan fingerprint density at radius 3 is 2.82 bits per heavy atom. The molecule has 3 heterocycles. The van der Waals surface area contributed by atoms with Crippen LogP contribution in [0.25, 0.3) is 0 Å². The van der Waals surface area contributed by atoms with Crippen molar-refractivity contribution in [3.8, 4) is 11.5 Å². The molecule has 0 radical (unpaired) electrons. The van der Waals surface area contributed by atoms with Gasteiger partial charge in [-0.2, -0.15) is 0 Å². The van der Waals surface area contributed by atoms with Crippen molar-refractivity contribution in [3.63, 3.8) is 0 Å². The second-order valence-electron chi connectivity index (χ2n) is 6.84. The number of nitrogens with zero attached hydrogens (tertiary/aromatic N) is 2. The van der Waals surface area contributed by atoms with Crippen LogP contribution in [0.1, 0.15) is 29.2 Å². The number of amidine groups is 1. The number of ether oxygens (including phenoxy) is 2. The molecule has 8 heteroatoms. The van der Waals surface area contributed by atoms with Gasteiger partial charge < -0.3 is 19.5 Å². The van der Waals surface area contributed by atoms with Crippen molar-refractivity contribution in [1.29, 1.82) is 0 Å². The molecule has 1 fully saturated rings. The maximum Gasteiger partial charge on any atom is 0.231 e. The fourth-order valence-corrected chi connectivity index (χ4v) is 5.69. The van der Waals surface area contributed by atoms with Gasteiger partial charge in [-0.05, 0) is 36.6 Å². The summed E-state index contributed by atoms with van der Waals surface area (Å²) in [5.74, 6) is 1.36. The van der Waals surface area contributed by atoms with Crippen LogP contribution in [-0.2, 0) is 5.72 Å². The zero-order chi connectivity index (χ0) is 18.4. The molecule has 2 atom stereocenters. The minimum atomic E-state index is -1.26. The maximum absolute atomic E-state index is 12.1. The molecule has 0 bridgehead atoms. The zero-order valence-electron chi connectivity index (χ0n) is 15.0. The lowest BCUT2D eigenvalue weighted by Gasteiger charge is -2.38. The molecule has 2 aromatic carbocycles. The van der Waals surface area contributed by atoms with Crippen molar-refractivity contribution in [1.82, 2.24) is 4.90 Å². The third-order valence-corrected chi connectivity index (χ3v) is 6.98. The third-order valence-electron chi connectivity index (χ3n) is 5.25. The second kappa shape index (κ2) is 7.67. The first kappa shape index (κ1) is 19.7. The Hall–Kier alpha value is -1.60. The Bertz CT molecular complexity index is 926.